The Kier molecular flexibility index (Phi) is 5.14. The van der Waals surface area contributed by atoms with Crippen molar-refractivity contribution in [1.29, 1.82) is 0 Å². The molecule has 1 aliphatic rings. The number of carbonyl (C=O) groups is 2. The third-order valence-electron chi connectivity index (χ3n) is 3.70. The van der Waals surface area contributed by atoms with E-state index in [1.54, 1.807) is 11.1 Å². The number of fused-ring (bicyclic) bond motifs is 1. The number of carbonyl (C=O) groups excluding carboxylic acids is 2. The summed E-state index contributed by atoms with van der Waals surface area (Å²) in [4.78, 5) is 25.5. The maximum atomic E-state index is 12.1. The zero-order valence-electron chi connectivity index (χ0n) is 12.6. The number of amides is 2. The largest absolute Gasteiger partial charge is 0.356 e. The van der Waals surface area contributed by atoms with E-state index < -0.39 is 0 Å². The van der Waals surface area contributed by atoms with Crippen molar-refractivity contribution in [3.63, 3.8) is 0 Å². The molecule has 4 heteroatoms. The number of nitrogens with zero attached hydrogens (tertiary/aromatic N) is 1. The molecule has 1 aromatic carbocycles. The van der Waals surface area contributed by atoms with Gasteiger partial charge in [-0.3, -0.25) is 9.59 Å². The summed E-state index contributed by atoms with van der Waals surface area (Å²) in [6.07, 6.45) is 6.01. The van der Waals surface area contributed by atoms with Gasteiger partial charge in [-0.1, -0.05) is 37.6 Å². The standard InChI is InChI=1S/C17H22N2O2/c1-3-4-10-18-17(21)12-16-15-8-6-5-7-14(15)9-11-19(16)13(2)20/h5-9,11,16H,3-4,10,12H2,1-2H3,(H,18,21). The molecule has 1 aliphatic heterocycles. The maximum absolute atomic E-state index is 12.1. The molecular formula is C17H22N2O2. The van der Waals surface area contributed by atoms with E-state index in [1.807, 2.05) is 30.3 Å². The summed E-state index contributed by atoms with van der Waals surface area (Å²) in [6.45, 7) is 4.31. The van der Waals surface area contributed by atoms with E-state index in [2.05, 4.69) is 12.2 Å². The van der Waals surface area contributed by atoms with Gasteiger partial charge < -0.3 is 10.2 Å². The van der Waals surface area contributed by atoms with Crippen molar-refractivity contribution in [3.8, 4) is 0 Å². The molecule has 0 spiro atoms. The highest BCUT2D eigenvalue weighted by Gasteiger charge is 2.27. The Morgan fingerprint density at radius 2 is 2.05 bits per heavy atom. The van der Waals surface area contributed by atoms with E-state index in [9.17, 15) is 9.59 Å². The number of hydrogen-bond acceptors (Lipinski definition) is 2. The molecule has 0 aromatic heterocycles. The molecule has 1 aromatic rings. The molecule has 0 radical (unpaired) electrons. The van der Waals surface area contributed by atoms with Crippen molar-refractivity contribution < 1.29 is 9.59 Å². The van der Waals surface area contributed by atoms with Gasteiger partial charge in [0.2, 0.25) is 11.8 Å². The van der Waals surface area contributed by atoms with Gasteiger partial charge in [0.25, 0.3) is 0 Å². The minimum absolute atomic E-state index is 0.00944. The van der Waals surface area contributed by atoms with Crippen LogP contribution in [-0.2, 0) is 9.59 Å². The Bertz CT molecular complexity index is 551. The molecule has 0 saturated heterocycles. The summed E-state index contributed by atoms with van der Waals surface area (Å²) in [6, 6.07) is 7.68. The average Bonchev–Trinajstić information content (AvgIpc) is 2.47. The minimum atomic E-state index is -0.217. The summed E-state index contributed by atoms with van der Waals surface area (Å²) >= 11 is 0. The van der Waals surface area contributed by atoms with Crippen LogP contribution in [0.15, 0.2) is 30.5 Å². The Labute approximate surface area is 125 Å². The highest BCUT2D eigenvalue weighted by molar-refractivity contribution is 5.81. The molecule has 112 valence electrons. The van der Waals surface area contributed by atoms with Gasteiger partial charge in [0.15, 0.2) is 0 Å². The highest BCUT2D eigenvalue weighted by atomic mass is 16.2. The van der Waals surface area contributed by atoms with Gasteiger partial charge >= 0.3 is 0 Å². The van der Waals surface area contributed by atoms with Crippen molar-refractivity contribution in [2.75, 3.05) is 6.54 Å². The third kappa shape index (κ3) is 3.72. The average molecular weight is 286 g/mol. The Morgan fingerprint density at radius 3 is 2.76 bits per heavy atom. The van der Waals surface area contributed by atoms with E-state index in [-0.39, 0.29) is 17.9 Å². The predicted octanol–water partition coefficient (Wildman–Crippen LogP) is 2.87. The summed E-state index contributed by atoms with van der Waals surface area (Å²) in [5.74, 6) is -0.0584. The van der Waals surface area contributed by atoms with Crippen LogP contribution in [0.3, 0.4) is 0 Å². The van der Waals surface area contributed by atoms with Crippen molar-refractivity contribution in [2.45, 2.75) is 39.2 Å². The predicted molar refractivity (Wildman–Crippen MR) is 83.3 cm³/mol. The molecular weight excluding hydrogens is 264 g/mol. The van der Waals surface area contributed by atoms with Gasteiger partial charge in [-0.05, 0) is 23.6 Å². The van der Waals surface area contributed by atoms with E-state index >= 15 is 0 Å². The van der Waals surface area contributed by atoms with Gasteiger partial charge in [0.05, 0.1) is 12.5 Å². The number of unbranched alkanes of at least 4 members (excludes halogenated alkanes) is 1. The van der Waals surface area contributed by atoms with Crippen molar-refractivity contribution in [3.05, 3.63) is 41.6 Å². The zero-order chi connectivity index (χ0) is 15.2. The zero-order valence-corrected chi connectivity index (χ0v) is 12.6. The highest BCUT2D eigenvalue weighted by Crippen LogP contribution is 2.32. The fraction of sp³-hybridized carbons (Fsp3) is 0.412. The molecule has 2 rings (SSSR count). The van der Waals surface area contributed by atoms with Crippen molar-refractivity contribution >= 4 is 17.9 Å². The lowest BCUT2D eigenvalue weighted by Crippen LogP contribution is -2.35. The lowest BCUT2D eigenvalue weighted by molar-refractivity contribution is -0.129. The van der Waals surface area contributed by atoms with Gasteiger partial charge in [-0.25, -0.2) is 0 Å². The number of rotatable bonds is 5. The van der Waals surface area contributed by atoms with Crippen LogP contribution in [0.25, 0.3) is 6.08 Å². The first-order chi connectivity index (χ1) is 10.1. The molecule has 4 nitrogen and oxygen atoms in total. The van der Waals surface area contributed by atoms with Crippen LogP contribution in [-0.4, -0.2) is 23.3 Å². The van der Waals surface area contributed by atoms with Crippen LogP contribution in [0.1, 0.15) is 50.3 Å². The van der Waals surface area contributed by atoms with Crippen LogP contribution in [0.4, 0.5) is 0 Å². The minimum Gasteiger partial charge on any atom is -0.356 e. The summed E-state index contributed by atoms with van der Waals surface area (Å²) in [5, 5.41) is 2.92. The molecule has 0 aliphatic carbocycles. The number of hydrogen-bond donors (Lipinski definition) is 1. The smallest absolute Gasteiger partial charge is 0.223 e. The molecule has 1 atom stereocenters. The van der Waals surface area contributed by atoms with E-state index in [1.165, 1.54) is 6.92 Å². The second kappa shape index (κ2) is 7.07. The molecule has 1 heterocycles. The summed E-state index contributed by atoms with van der Waals surface area (Å²) in [5.41, 5.74) is 2.10. The van der Waals surface area contributed by atoms with Gasteiger partial charge in [-0.2, -0.15) is 0 Å². The van der Waals surface area contributed by atoms with Crippen LogP contribution >= 0.6 is 0 Å². The van der Waals surface area contributed by atoms with Gasteiger partial charge in [0, 0.05) is 19.7 Å². The molecule has 2 amide bonds. The molecule has 1 unspecified atom stereocenters. The lowest BCUT2D eigenvalue weighted by atomic mass is 9.93. The number of nitrogens with one attached hydrogen (secondary N) is 1. The first kappa shape index (κ1) is 15.3. The molecule has 0 fully saturated rings. The lowest BCUT2D eigenvalue weighted by Gasteiger charge is -2.32. The van der Waals surface area contributed by atoms with Crippen molar-refractivity contribution in [2.24, 2.45) is 0 Å². The molecule has 0 saturated carbocycles. The van der Waals surface area contributed by atoms with Crippen LogP contribution < -0.4 is 5.32 Å². The van der Waals surface area contributed by atoms with Crippen LogP contribution in [0.2, 0.25) is 0 Å². The second-order valence-corrected chi connectivity index (χ2v) is 5.29. The first-order valence-electron chi connectivity index (χ1n) is 7.46. The third-order valence-corrected chi connectivity index (χ3v) is 3.70. The molecule has 0 bridgehead atoms. The normalized spacial score (nSPS) is 16.5. The quantitative estimate of drug-likeness (QED) is 0.846. The Balaban J connectivity index is 2.15. The summed E-state index contributed by atoms with van der Waals surface area (Å²) in [7, 11) is 0. The second-order valence-electron chi connectivity index (χ2n) is 5.29. The van der Waals surface area contributed by atoms with Crippen LogP contribution in [0, 0.1) is 0 Å². The maximum Gasteiger partial charge on any atom is 0.223 e. The Morgan fingerprint density at radius 1 is 1.29 bits per heavy atom. The molecule has 21 heavy (non-hydrogen) atoms. The fourth-order valence-electron chi connectivity index (χ4n) is 2.57. The van der Waals surface area contributed by atoms with E-state index in [0.717, 1.165) is 24.0 Å². The van der Waals surface area contributed by atoms with Crippen molar-refractivity contribution in [1.82, 2.24) is 10.2 Å². The van der Waals surface area contributed by atoms with Gasteiger partial charge in [-0.15, -0.1) is 0 Å². The monoisotopic (exact) mass is 286 g/mol. The van der Waals surface area contributed by atoms with Crippen LogP contribution in [0.5, 0.6) is 0 Å². The topological polar surface area (TPSA) is 49.4 Å². The first-order valence-corrected chi connectivity index (χ1v) is 7.46. The van der Waals surface area contributed by atoms with E-state index in [4.69, 9.17) is 0 Å². The molecule has 1 N–H and O–H groups in total. The number of benzene rings is 1. The van der Waals surface area contributed by atoms with Gasteiger partial charge in [0.1, 0.15) is 0 Å². The van der Waals surface area contributed by atoms with E-state index in [0.29, 0.717) is 13.0 Å². The SMILES string of the molecule is CCCCNC(=O)CC1c2ccccc2C=CN1C(C)=O. The Hall–Kier alpha value is -2.10. The fourth-order valence-corrected chi connectivity index (χ4v) is 2.57. The summed E-state index contributed by atoms with van der Waals surface area (Å²) < 4.78 is 0.